The Morgan fingerprint density at radius 2 is 1.86 bits per heavy atom. The molecular weight excluding hydrogens is 466 g/mol. The van der Waals surface area contributed by atoms with E-state index in [1.54, 1.807) is 20.3 Å². The molecule has 1 aromatic heterocycles. The number of likely N-dealkylation sites (tertiary alicyclic amines) is 1. The summed E-state index contributed by atoms with van der Waals surface area (Å²) in [5.41, 5.74) is 4.53. The fraction of sp³-hybridized carbons (Fsp3) is 0.267. The summed E-state index contributed by atoms with van der Waals surface area (Å²) in [6.07, 6.45) is 3.49. The zero-order chi connectivity index (χ0) is 25.8. The highest BCUT2D eigenvalue weighted by atomic mass is 16.5. The maximum Gasteiger partial charge on any atom is 0.251 e. The number of nitrogens with one attached hydrogen (secondary N) is 2. The lowest BCUT2D eigenvalue weighted by molar-refractivity contribution is -0.128. The first-order chi connectivity index (χ1) is 18.1. The fourth-order valence-electron chi connectivity index (χ4n) is 5.16. The average Bonchev–Trinajstić information content (AvgIpc) is 3.54. The van der Waals surface area contributed by atoms with Crippen LogP contribution < -0.4 is 14.8 Å². The van der Waals surface area contributed by atoms with Gasteiger partial charge in [0.2, 0.25) is 5.91 Å². The third-order valence-electron chi connectivity index (χ3n) is 7.01. The minimum absolute atomic E-state index is 0.165. The number of amides is 2. The summed E-state index contributed by atoms with van der Waals surface area (Å²) in [7, 11) is 3.25. The van der Waals surface area contributed by atoms with E-state index in [0.29, 0.717) is 36.6 Å². The van der Waals surface area contributed by atoms with Crippen LogP contribution >= 0.6 is 0 Å². The van der Waals surface area contributed by atoms with Crippen molar-refractivity contribution in [2.24, 2.45) is 0 Å². The number of para-hydroxylation sites is 2. The van der Waals surface area contributed by atoms with Crippen LogP contribution in [0.3, 0.4) is 0 Å². The van der Waals surface area contributed by atoms with Crippen LogP contribution in [0.5, 0.6) is 11.5 Å². The van der Waals surface area contributed by atoms with Gasteiger partial charge in [0.15, 0.2) is 11.5 Å². The van der Waals surface area contributed by atoms with Crippen LogP contribution in [0, 0.1) is 0 Å². The molecule has 1 saturated heterocycles. The summed E-state index contributed by atoms with van der Waals surface area (Å²) in [4.78, 5) is 30.5. The fourth-order valence-corrected chi connectivity index (χ4v) is 5.16. The Bertz CT molecular complexity index is 1430. The molecule has 0 saturated carbocycles. The quantitative estimate of drug-likeness (QED) is 0.346. The summed E-state index contributed by atoms with van der Waals surface area (Å²) in [6.45, 7) is 1.65. The first-order valence-electron chi connectivity index (χ1n) is 12.5. The van der Waals surface area contributed by atoms with Gasteiger partial charge in [-0.2, -0.15) is 0 Å². The molecule has 7 nitrogen and oxygen atoms in total. The zero-order valence-corrected chi connectivity index (χ0v) is 21.1. The number of methoxy groups -OCH3 is 2. The van der Waals surface area contributed by atoms with Gasteiger partial charge in [-0.05, 0) is 41.8 Å². The van der Waals surface area contributed by atoms with Crippen LogP contribution in [0.4, 0.5) is 0 Å². The van der Waals surface area contributed by atoms with Crippen LogP contribution in [0.1, 0.15) is 45.8 Å². The van der Waals surface area contributed by atoms with Crippen molar-refractivity contribution in [1.82, 2.24) is 15.2 Å². The number of nitrogens with zero attached hydrogens (tertiary/aromatic N) is 1. The van der Waals surface area contributed by atoms with Crippen molar-refractivity contribution in [3.05, 3.63) is 95.2 Å². The molecule has 0 aliphatic carbocycles. The monoisotopic (exact) mass is 497 g/mol. The van der Waals surface area contributed by atoms with Gasteiger partial charge in [0.1, 0.15) is 0 Å². The van der Waals surface area contributed by atoms with Crippen molar-refractivity contribution in [1.29, 1.82) is 0 Å². The second-order valence-corrected chi connectivity index (χ2v) is 9.25. The molecule has 37 heavy (non-hydrogen) atoms. The van der Waals surface area contributed by atoms with E-state index in [1.165, 1.54) is 0 Å². The van der Waals surface area contributed by atoms with E-state index in [9.17, 15) is 9.59 Å². The third kappa shape index (κ3) is 5.03. The minimum Gasteiger partial charge on any atom is -0.493 e. The van der Waals surface area contributed by atoms with Gasteiger partial charge in [0, 0.05) is 60.2 Å². The van der Waals surface area contributed by atoms with Crippen LogP contribution in [-0.2, 0) is 11.3 Å². The molecule has 2 N–H and O–H groups in total. The Balaban J connectivity index is 1.43. The maximum absolute atomic E-state index is 13.3. The van der Waals surface area contributed by atoms with E-state index < -0.39 is 0 Å². The topological polar surface area (TPSA) is 83.7 Å². The lowest BCUT2D eigenvalue weighted by Crippen LogP contribution is -2.29. The summed E-state index contributed by atoms with van der Waals surface area (Å²) in [6, 6.07) is 21.4. The van der Waals surface area contributed by atoms with Gasteiger partial charge in [-0.15, -0.1) is 0 Å². The van der Waals surface area contributed by atoms with Crippen LogP contribution in [0.15, 0.2) is 72.9 Å². The van der Waals surface area contributed by atoms with Crippen molar-refractivity contribution in [3.8, 4) is 11.5 Å². The van der Waals surface area contributed by atoms with E-state index >= 15 is 0 Å². The summed E-state index contributed by atoms with van der Waals surface area (Å²) < 4.78 is 11.3. The first-order valence-corrected chi connectivity index (χ1v) is 12.5. The van der Waals surface area contributed by atoms with Crippen LogP contribution in [0.2, 0.25) is 0 Å². The predicted molar refractivity (Wildman–Crippen MR) is 143 cm³/mol. The number of hydrogen-bond donors (Lipinski definition) is 2. The van der Waals surface area contributed by atoms with Gasteiger partial charge in [0.25, 0.3) is 5.91 Å². The molecule has 2 amide bonds. The number of ether oxygens (including phenoxy) is 2. The van der Waals surface area contributed by atoms with Crippen molar-refractivity contribution in [2.75, 3.05) is 27.3 Å². The third-order valence-corrected chi connectivity index (χ3v) is 7.01. The molecule has 190 valence electrons. The molecule has 1 atom stereocenters. The number of carbonyl (C=O) groups is 2. The molecular formula is C30H31N3O4. The van der Waals surface area contributed by atoms with Crippen molar-refractivity contribution in [3.63, 3.8) is 0 Å². The van der Waals surface area contributed by atoms with E-state index in [1.807, 2.05) is 65.7 Å². The van der Waals surface area contributed by atoms with E-state index in [-0.39, 0.29) is 17.7 Å². The number of hydrogen-bond acceptors (Lipinski definition) is 4. The minimum atomic E-state index is -0.185. The normalized spacial score (nSPS) is 14.1. The predicted octanol–water partition coefficient (Wildman–Crippen LogP) is 4.87. The summed E-state index contributed by atoms with van der Waals surface area (Å²) in [5, 5.41) is 4.23. The average molecular weight is 498 g/mol. The second kappa shape index (κ2) is 10.8. The van der Waals surface area contributed by atoms with Crippen molar-refractivity contribution < 1.29 is 19.1 Å². The Labute approximate surface area is 216 Å². The van der Waals surface area contributed by atoms with Gasteiger partial charge in [-0.1, -0.05) is 42.5 Å². The molecule has 0 spiro atoms. The van der Waals surface area contributed by atoms with E-state index in [0.717, 1.165) is 40.6 Å². The molecule has 7 heteroatoms. The molecule has 1 aliphatic heterocycles. The number of carbonyl (C=O) groups excluding carboxylic acids is 2. The smallest absolute Gasteiger partial charge is 0.251 e. The van der Waals surface area contributed by atoms with Gasteiger partial charge < -0.3 is 24.7 Å². The molecule has 3 aromatic carbocycles. The zero-order valence-electron chi connectivity index (χ0n) is 21.1. The van der Waals surface area contributed by atoms with E-state index in [2.05, 4.69) is 16.4 Å². The molecule has 1 fully saturated rings. The summed E-state index contributed by atoms with van der Waals surface area (Å²) >= 11 is 0. The summed E-state index contributed by atoms with van der Waals surface area (Å²) in [5.74, 6) is 1.10. The van der Waals surface area contributed by atoms with Crippen molar-refractivity contribution >= 4 is 22.7 Å². The highest BCUT2D eigenvalue weighted by Crippen LogP contribution is 2.40. The van der Waals surface area contributed by atoms with Gasteiger partial charge in [-0.3, -0.25) is 9.59 Å². The number of aromatic nitrogens is 1. The lowest BCUT2D eigenvalue weighted by Gasteiger charge is -2.22. The number of H-pyrrole nitrogens is 1. The van der Waals surface area contributed by atoms with Crippen LogP contribution in [-0.4, -0.2) is 49.0 Å². The van der Waals surface area contributed by atoms with Crippen molar-refractivity contribution in [2.45, 2.75) is 25.3 Å². The SMILES string of the molecule is COc1cccc(C(CNC(=O)c2cccc(CN3CCCC3=O)c2)c2c[nH]c3ccccc23)c1OC. The number of benzene rings is 3. The molecule has 1 aliphatic rings. The first kappa shape index (κ1) is 24.4. The van der Waals surface area contributed by atoms with Gasteiger partial charge in [-0.25, -0.2) is 0 Å². The highest BCUT2D eigenvalue weighted by Gasteiger charge is 2.25. The molecule has 0 bridgehead atoms. The highest BCUT2D eigenvalue weighted by molar-refractivity contribution is 5.94. The maximum atomic E-state index is 13.3. The molecule has 5 rings (SSSR count). The standard InChI is InChI=1S/C30H31N3O4/c1-36-27-13-6-11-23(29(27)37-2)25(24-17-31-26-12-4-3-10-22(24)26)18-32-30(35)21-9-5-8-20(16-21)19-33-15-7-14-28(33)34/h3-6,8-13,16-17,25,31H,7,14-15,18-19H2,1-2H3,(H,32,35). The van der Waals surface area contributed by atoms with Gasteiger partial charge in [0.05, 0.1) is 14.2 Å². The number of aromatic amines is 1. The van der Waals surface area contributed by atoms with Gasteiger partial charge >= 0.3 is 0 Å². The van der Waals surface area contributed by atoms with Crippen LogP contribution in [0.25, 0.3) is 10.9 Å². The second-order valence-electron chi connectivity index (χ2n) is 9.25. The number of fused-ring (bicyclic) bond motifs is 1. The molecule has 0 radical (unpaired) electrons. The molecule has 2 heterocycles. The molecule has 1 unspecified atom stereocenters. The lowest BCUT2D eigenvalue weighted by atomic mass is 9.89. The Morgan fingerprint density at radius 3 is 2.65 bits per heavy atom. The number of rotatable bonds is 9. The van der Waals surface area contributed by atoms with E-state index in [4.69, 9.17) is 9.47 Å². The Hall–Kier alpha value is -4.26. The Kier molecular flexibility index (Phi) is 7.12. The Morgan fingerprint density at radius 1 is 1.03 bits per heavy atom. The molecule has 4 aromatic rings. The largest absolute Gasteiger partial charge is 0.493 e.